The molecule has 0 spiro atoms. The largest absolute Gasteiger partial charge is 0.396 e. The van der Waals surface area contributed by atoms with Gasteiger partial charge in [0.15, 0.2) is 0 Å². The molecule has 0 aliphatic heterocycles. The highest BCUT2D eigenvalue weighted by molar-refractivity contribution is 5.76. The van der Waals surface area contributed by atoms with E-state index in [1.807, 2.05) is 19.2 Å². The van der Waals surface area contributed by atoms with Crippen molar-refractivity contribution in [3.8, 4) is 0 Å². The van der Waals surface area contributed by atoms with E-state index < -0.39 is 0 Å². The average Bonchev–Trinajstić information content (AvgIpc) is 2.76. The molecule has 0 aromatic carbocycles. The van der Waals surface area contributed by atoms with Gasteiger partial charge in [0.2, 0.25) is 5.91 Å². The molecule has 1 heterocycles. The van der Waals surface area contributed by atoms with Crippen molar-refractivity contribution in [2.45, 2.75) is 38.8 Å². The first kappa shape index (κ1) is 12.7. The van der Waals surface area contributed by atoms with Crippen LogP contribution in [-0.4, -0.2) is 33.4 Å². The summed E-state index contributed by atoms with van der Waals surface area (Å²) >= 11 is 0. The van der Waals surface area contributed by atoms with E-state index in [-0.39, 0.29) is 18.6 Å². The number of aliphatic hydroxyl groups is 1. The molecule has 16 heavy (non-hydrogen) atoms. The first-order valence-electron chi connectivity index (χ1n) is 5.60. The number of aryl methyl sites for hydroxylation is 1. The van der Waals surface area contributed by atoms with Crippen molar-refractivity contribution in [3.63, 3.8) is 0 Å². The lowest BCUT2D eigenvalue weighted by molar-refractivity contribution is -0.122. The van der Waals surface area contributed by atoms with Crippen molar-refractivity contribution in [2.24, 2.45) is 0 Å². The molecule has 0 fully saturated rings. The first-order valence-corrected chi connectivity index (χ1v) is 5.60. The molecule has 5 nitrogen and oxygen atoms in total. The second-order valence-corrected chi connectivity index (χ2v) is 3.85. The van der Waals surface area contributed by atoms with Crippen LogP contribution < -0.4 is 5.32 Å². The summed E-state index contributed by atoms with van der Waals surface area (Å²) < 4.78 is 1.73. The molecule has 0 saturated heterocycles. The molecule has 0 aliphatic carbocycles. The van der Waals surface area contributed by atoms with Gasteiger partial charge in [-0.1, -0.05) is 0 Å². The van der Waals surface area contributed by atoms with E-state index in [9.17, 15) is 4.79 Å². The molecule has 0 radical (unpaired) electrons. The normalized spacial score (nSPS) is 12.4. The third-order valence-electron chi connectivity index (χ3n) is 2.33. The average molecular weight is 225 g/mol. The lowest BCUT2D eigenvalue weighted by Gasteiger charge is -2.12. The summed E-state index contributed by atoms with van der Waals surface area (Å²) in [5.41, 5.74) is 0. The maximum Gasteiger partial charge on any atom is 0.222 e. The standard InChI is InChI=1S/C11H19N3O2/c1-10(4-2-9-15)13-11(16)5-8-14-7-3-6-12-14/h3,6-7,10,15H,2,4-5,8-9H2,1H3,(H,13,16). The number of carbonyl (C=O) groups excluding carboxylic acids is 1. The second-order valence-electron chi connectivity index (χ2n) is 3.85. The number of aliphatic hydroxyl groups excluding tert-OH is 1. The van der Waals surface area contributed by atoms with Crippen LogP contribution in [0.3, 0.4) is 0 Å². The summed E-state index contributed by atoms with van der Waals surface area (Å²) in [5, 5.41) is 15.6. The summed E-state index contributed by atoms with van der Waals surface area (Å²) in [7, 11) is 0. The number of amides is 1. The maximum atomic E-state index is 11.5. The highest BCUT2D eigenvalue weighted by atomic mass is 16.2. The summed E-state index contributed by atoms with van der Waals surface area (Å²) in [6.45, 7) is 2.72. The smallest absolute Gasteiger partial charge is 0.222 e. The van der Waals surface area contributed by atoms with Crippen molar-refractivity contribution < 1.29 is 9.90 Å². The topological polar surface area (TPSA) is 67.2 Å². The number of hydrogen-bond donors (Lipinski definition) is 2. The molecule has 1 rings (SSSR count). The fraction of sp³-hybridized carbons (Fsp3) is 0.636. The number of nitrogens with one attached hydrogen (secondary N) is 1. The van der Waals surface area contributed by atoms with E-state index in [1.54, 1.807) is 10.9 Å². The lowest BCUT2D eigenvalue weighted by Crippen LogP contribution is -2.33. The Kier molecular flexibility index (Phi) is 5.56. The predicted octanol–water partition coefficient (Wildman–Crippen LogP) is 0.550. The van der Waals surface area contributed by atoms with Gasteiger partial charge in [0, 0.05) is 38.0 Å². The zero-order valence-corrected chi connectivity index (χ0v) is 9.59. The number of hydrogen-bond acceptors (Lipinski definition) is 3. The van der Waals surface area contributed by atoms with Gasteiger partial charge in [0.25, 0.3) is 0 Å². The van der Waals surface area contributed by atoms with E-state index >= 15 is 0 Å². The molecule has 1 aromatic rings. The van der Waals surface area contributed by atoms with E-state index in [2.05, 4.69) is 10.4 Å². The number of aromatic nitrogens is 2. The van der Waals surface area contributed by atoms with Crippen LogP contribution in [-0.2, 0) is 11.3 Å². The van der Waals surface area contributed by atoms with Crippen LogP contribution in [0, 0.1) is 0 Å². The van der Waals surface area contributed by atoms with Crippen LogP contribution in [0.15, 0.2) is 18.5 Å². The minimum Gasteiger partial charge on any atom is -0.396 e. The van der Waals surface area contributed by atoms with Crippen molar-refractivity contribution in [2.75, 3.05) is 6.61 Å². The molecule has 1 amide bonds. The molecular weight excluding hydrogens is 206 g/mol. The van der Waals surface area contributed by atoms with Gasteiger partial charge in [0.1, 0.15) is 0 Å². The molecule has 90 valence electrons. The van der Waals surface area contributed by atoms with Gasteiger partial charge in [-0.2, -0.15) is 5.10 Å². The Morgan fingerprint density at radius 1 is 1.62 bits per heavy atom. The van der Waals surface area contributed by atoms with E-state index in [1.165, 1.54) is 0 Å². The van der Waals surface area contributed by atoms with Crippen LogP contribution in [0.5, 0.6) is 0 Å². The van der Waals surface area contributed by atoms with Gasteiger partial charge >= 0.3 is 0 Å². The number of rotatable bonds is 7. The van der Waals surface area contributed by atoms with E-state index in [4.69, 9.17) is 5.11 Å². The quantitative estimate of drug-likeness (QED) is 0.712. The Balaban J connectivity index is 2.15. The van der Waals surface area contributed by atoms with Crippen LogP contribution in [0.2, 0.25) is 0 Å². The highest BCUT2D eigenvalue weighted by Gasteiger charge is 2.06. The van der Waals surface area contributed by atoms with Gasteiger partial charge in [0.05, 0.1) is 0 Å². The molecule has 2 N–H and O–H groups in total. The summed E-state index contributed by atoms with van der Waals surface area (Å²) in [6, 6.07) is 1.96. The zero-order chi connectivity index (χ0) is 11.8. The van der Waals surface area contributed by atoms with Crippen LogP contribution >= 0.6 is 0 Å². The monoisotopic (exact) mass is 225 g/mol. The SMILES string of the molecule is CC(CCCO)NC(=O)CCn1cccn1. The van der Waals surface area contributed by atoms with Gasteiger partial charge in [-0.05, 0) is 25.8 Å². The van der Waals surface area contributed by atoms with Crippen LogP contribution in [0.4, 0.5) is 0 Å². The molecule has 0 aliphatic rings. The fourth-order valence-corrected chi connectivity index (χ4v) is 1.47. The van der Waals surface area contributed by atoms with Crippen molar-refractivity contribution in [1.29, 1.82) is 0 Å². The van der Waals surface area contributed by atoms with Gasteiger partial charge in [-0.3, -0.25) is 9.48 Å². The van der Waals surface area contributed by atoms with Crippen LogP contribution in [0.25, 0.3) is 0 Å². The maximum absolute atomic E-state index is 11.5. The number of carbonyl (C=O) groups is 1. The van der Waals surface area contributed by atoms with E-state index in [0.29, 0.717) is 13.0 Å². The predicted molar refractivity (Wildman–Crippen MR) is 60.8 cm³/mol. The minimum atomic E-state index is 0.0286. The molecule has 1 unspecified atom stereocenters. The van der Waals surface area contributed by atoms with Gasteiger partial charge in [-0.25, -0.2) is 0 Å². The second kappa shape index (κ2) is 7.00. The van der Waals surface area contributed by atoms with Crippen molar-refractivity contribution in [3.05, 3.63) is 18.5 Å². The van der Waals surface area contributed by atoms with E-state index in [0.717, 1.165) is 12.8 Å². The van der Waals surface area contributed by atoms with Crippen LogP contribution in [0.1, 0.15) is 26.2 Å². The molecule has 1 atom stereocenters. The zero-order valence-electron chi connectivity index (χ0n) is 9.59. The Labute approximate surface area is 95.5 Å². The molecule has 0 saturated carbocycles. The summed E-state index contributed by atoms with van der Waals surface area (Å²) in [4.78, 5) is 11.5. The summed E-state index contributed by atoms with van der Waals surface area (Å²) in [6.07, 6.45) is 5.50. The first-order chi connectivity index (χ1) is 7.72. The minimum absolute atomic E-state index is 0.0286. The van der Waals surface area contributed by atoms with Crippen molar-refractivity contribution >= 4 is 5.91 Å². The Hall–Kier alpha value is -1.36. The fourth-order valence-electron chi connectivity index (χ4n) is 1.47. The highest BCUT2D eigenvalue weighted by Crippen LogP contribution is 1.96. The third kappa shape index (κ3) is 4.93. The van der Waals surface area contributed by atoms with Crippen molar-refractivity contribution in [1.82, 2.24) is 15.1 Å². The molecule has 1 aromatic heterocycles. The molecule has 5 heteroatoms. The molecular formula is C11H19N3O2. The van der Waals surface area contributed by atoms with Gasteiger partial charge in [-0.15, -0.1) is 0 Å². The third-order valence-corrected chi connectivity index (χ3v) is 2.33. The lowest BCUT2D eigenvalue weighted by atomic mass is 10.2. The summed E-state index contributed by atoms with van der Waals surface area (Å²) in [5.74, 6) is 0.0286. The number of nitrogens with zero attached hydrogens (tertiary/aromatic N) is 2. The molecule has 0 bridgehead atoms. The Morgan fingerprint density at radius 3 is 3.06 bits per heavy atom. The van der Waals surface area contributed by atoms with Gasteiger partial charge < -0.3 is 10.4 Å². The Morgan fingerprint density at radius 2 is 2.44 bits per heavy atom. The Bertz CT molecular complexity index is 298.